The SMILES string of the molecule is COC(=O)CCSCc1cccc(NC(=O)C(N)c2ccccc2)c1.Cl. The summed E-state index contributed by atoms with van der Waals surface area (Å²) in [6, 6.07) is 16.2. The first-order chi connectivity index (χ1) is 12.1. The van der Waals surface area contributed by atoms with Crippen LogP contribution in [0.25, 0.3) is 0 Å². The highest BCUT2D eigenvalue weighted by Gasteiger charge is 2.15. The van der Waals surface area contributed by atoms with Gasteiger partial charge in [0.1, 0.15) is 6.04 Å². The number of halogens is 1. The van der Waals surface area contributed by atoms with Crippen LogP contribution in [0.15, 0.2) is 54.6 Å². The van der Waals surface area contributed by atoms with Gasteiger partial charge >= 0.3 is 5.97 Å². The Hall–Kier alpha value is -2.02. The quantitative estimate of drug-likeness (QED) is 0.528. The molecular weight excluding hydrogens is 372 g/mol. The second-order valence-electron chi connectivity index (χ2n) is 5.46. The van der Waals surface area contributed by atoms with Crippen molar-refractivity contribution in [3.8, 4) is 0 Å². The Balaban J connectivity index is 0.00000338. The van der Waals surface area contributed by atoms with Gasteiger partial charge in [0.2, 0.25) is 5.91 Å². The monoisotopic (exact) mass is 394 g/mol. The van der Waals surface area contributed by atoms with E-state index >= 15 is 0 Å². The van der Waals surface area contributed by atoms with E-state index in [1.165, 1.54) is 7.11 Å². The molecule has 0 bridgehead atoms. The van der Waals surface area contributed by atoms with E-state index in [1.807, 2.05) is 54.6 Å². The molecule has 140 valence electrons. The maximum atomic E-state index is 12.3. The number of nitrogens with two attached hydrogens (primary N) is 1. The average Bonchev–Trinajstić information content (AvgIpc) is 2.65. The number of thioether (sulfide) groups is 1. The molecule has 0 heterocycles. The molecule has 1 unspecified atom stereocenters. The smallest absolute Gasteiger partial charge is 0.306 e. The summed E-state index contributed by atoms with van der Waals surface area (Å²) in [7, 11) is 1.39. The third-order valence-corrected chi connectivity index (χ3v) is 4.61. The summed E-state index contributed by atoms with van der Waals surface area (Å²) in [5.41, 5.74) is 8.56. The Labute approximate surface area is 164 Å². The Bertz CT molecular complexity index is 713. The molecule has 0 saturated heterocycles. The molecule has 2 aromatic carbocycles. The minimum Gasteiger partial charge on any atom is -0.469 e. The third-order valence-electron chi connectivity index (χ3n) is 3.58. The molecule has 7 heteroatoms. The number of methoxy groups -OCH3 is 1. The van der Waals surface area contributed by atoms with Gasteiger partial charge in [-0.1, -0.05) is 42.5 Å². The lowest BCUT2D eigenvalue weighted by Crippen LogP contribution is -2.27. The summed E-state index contributed by atoms with van der Waals surface area (Å²) in [4.78, 5) is 23.4. The largest absolute Gasteiger partial charge is 0.469 e. The van der Waals surface area contributed by atoms with Crippen LogP contribution in [0.2, 0.25) is 0 Å². The number of rotatable bonds is 8. The molecule has 3 N–H and O–H groups in total. The Morgan fingerprint density at radius 3 is 2.58 bits per heavy atom. The zero-order valence-corrected chi connectivity index (χ0v) is 16.1. The van der Waals surface area contributed by atoms with Crippen LogP contribution < -0.4 is 11.1 Å². The number of amides is 1. The van der Waals surface area contributed by atoms with E-state index in [1.54, 1.807) is 11.8 Å². The molecule has 0 spiro atoms. The molecule has 5 nitrogen and oxygen atoms in total. The number of esters is 1. The highest BCUT2D eigenvalue weighted by atomic mass is 35.5. The number of hydrogen-bond acceptors (Lipinski definition) is 5. The van der Waals surface area contributed by atoms with Gasteiger partial charge in [0.25, 0.3) is 0 Å². The van der Waals surface area contributed by atoms with Crippen molar-refractivity contribution in [2.75, 3.05) is 18.2 Å². The maximum absolute atomic E-state index is 12.3. The molecule has 0 radical (unpaired) electrons. The van der Waals surface area contributed by atoms with Gasteiger partial charge in [0, 0.05) is 17.2 Å². The van der Waals surface area contributed by atoms with E-state index in [-0.39, 0.29) is 24.3 Å². The number of benzene rings is 2. The van der Waals surface area contributed by atoms with E-state index in [0.717, 1.165) is 16.9 Å². The van der Waals surface area contributed by atoms with Crippen LogP contribution in [0.5, 0.6) is 0 Å². The van der Waals surface area contributed by atoms with Crippen LogP contribution in [0.3, 0.4) is 0 Å². The highest BCUT2D eigenvalue weighted by Crippen LogP contribution is 2.19. The second-order valence-corrected chi connectivity index (χ2v) is 6.56. The number of anilines is 1. The zero-order valence-electron chi connectivity index (χ0n) is 14.5. The molecule has 0 fully saturated rings. The van der Waals surface area contributed by atoms with Crippen molar-refractivity contribution in [2.45, 2.75) is 18.2 Å². The van der Waals surface area contributed by atoms with E-state index in [4.69, 9.17) is 5.73 Å². The van der Waals surface area contributed by atoms with Crippen molar-refractivity contribution in [2.24, 2.45) is 5.73 Å². The molecule has 26 heavy (non-hydrogen) atoms. The number of hydrogen-bond donors (Lipinski definition) is 2. The van der Waals surface area contributed by atoms with Gasteiger partial charge in [-0.3, -0.25) is 9.59 Å². The Morgan fingerprint density at radius 1 is 1.15 bits per heavy atom. The predicted octanol–water partition coefficient (Wildman–Crippen LogP) is 3.54. The number of carbonyl (C=O) groups is 2. The van der Waals surface area contributed by atoms with Gasteiger partial charge in [0.15, 0.2) is 0 Å². The normalized spacial score (nSPS) is 11.2. The lowest BCUT2D eigenvalue weighted by Gasteiger charge is -2.13. The molecule has 1 amide bonds. The maximum Gasteiger partial charge on any atom is 0.306 e. The fraction of sp³-hybridized carbons (Fsp3) is 0.263. The molecule has 0 aliphatic heterocycles. The molecule has 0 aliphatic rings. The molecule has 1 atom stereocenters. The minimum absolute atomic E-state index is 0. The molecule has 2 rings (SSSR count). The van der Waals surface area contributed by atoms with Crippen molar-refractivity contribution in [1.82, 2.24) is 0 Å². The van der Waals surface area contributed by atoms with Gasteiger partial charge in [-0.25, -0.2) is 0 Å². The number of ether oxygens (including phenoxy) is 1. The van der Waals surface area contributed by atoms with Crippen LogP contribution in [0.1, 0.15) is 23.6 Å². The first-order valence-corrected chi connectivity index (χ1v) is 9.10. The third kappa shape index (κ3) is 7.07. The highest BCUT2D eigenvalue weighted by molar-refractivity contribution is 7.98. The van der Waals surface area contributed by atoms with Gasteiger partial charge in [-0.2, -0.15) is 11.8 Å². The van der Waals surface area contributed by atoms with Crippen LogP contribution in [0, 0.1) is 0 Å². The topological polar surface area (TPSA) is 81.4 Å². The predicted molar refractivity (Wildman–Crippen MR) is 108 cm³/mol. The van der Waals surface area contributed by atoms with E-state index in [0.29, 0.717) is 17.9 Å². The molecule has 0 aliphatic carbocycles. The summed E-state index contributed by atoms with van der Waals surface area (Å²) in [6.45, 7) is 0. The Morgan fingerprint density at radius 2 is 1.88 bits per heavy atom. The standard InChI is InChI=1S/C19H22N2O3S.ClH/c1-24-17(22)10-11-25-13-14-6-5-9-16(12-14)21-19(23)18(20)15-7-3-2-4-8-15;/h2-9,12,18H,10-11,13,20H2,1H3,(H,21,23);1H. The van der Waals surface area contributed by atoms with Gasteiger partial charge in [-0.15, -0.1) is 12.4 Å². The second kappa shape index (κ2) is 11.6. The zero-order chi connectivity index (χ0) is 18.1. The Kier molecular flexibility index (Phi) is 9.80. The molecule has 0 aromatic heterocycles. The average molecular weight is 395 g/mol. The minimum atomic E-state index is -0.709. The van der Waals surface area contributed by atoms with Crippen LogP contribution in [-0.4, -0.2) is 24.7 Å². The van der Waals surface area contributed by atoms with Crippen molar-refractivity contribution in [3.05, 3.63) is 65.7 Å². The van der Waals surface area contributed by atoms with Gasteiger partial charge in [0.05, 0.1) is 13.5 Å². The van der Waals surface area contributed by atoms with E-state index in [9.17, 15) is 9.59 Å². The summed E-state index contributed by atoms with van der Waals surface area (Å²) < 4.78 is 4.61. The lowest BCUT2D eigenvalue weighted by atomic mass is 10.1. The number of carbonyl (C=O) groups excluding carboxylic acids is 2. The van der Waals surface area contributed by atoms with Crippen LogP contribution >= 0.6 is 24.2 Å². The summed E-state index contributed by atoms with van der Waals surface area (Å²) in [6.07, 6.45) is 0.392. The molecule has 0 saturated carbocycles. The first-order valence-electron chi connectivity index (χ1n) is 7.95. The summed E-state index contributed by atoms with van der Waals surface area (Å²) in [5.74, 6) is 0.998. The van der Waals surface area contributed by atoms with Gasteiger partial charge in [-0.05, 0) is 23.3 Å². The summed E-state index contributed by atoms with van der Waals surface area (Å²) in [5, 5.41) is 2.85. The molecular formula is C19H23ClN2O3S. The number of nitrogens with one attached hydrogen (secondary N) is 1. The van der Waals surface area contributed by atoms with Crippen molar-refractivity contribution in [3.63, 3.8) is 0 Å². The van der Waals surface area contributed by atoms with Crippen molar-refractivity contribution < 1.29 is 14.3 Å². The lowest BCUT2D eigenvalue weighted by molar-refractivity contribution is -0.140. The van der Waals surface area contributed by atoms with Gasteiger partial charge < -0.3 is 15.8 Å². The van der Waals surface area contributed by atoms with Crippen LogP contribution in [0.4, 0.5) is 5.69 Å². The fourth-order valence-electron chi connectivity index (χ4n) is 2.22. The van der Waals surface area contributed by atoms with E-state index in [2.05, 4.69) is 10.1 Å². The van der Waals surface area contributed by atoms with Crippen molar-refractivity contribution >= 4 is 41.7 Å². The van der Waals surface area contributed by atoms with E-state index < -0.39 is 6.04 Å². The fourth-order valence-corrected chi connectivity index (χ4v) is 3.09. The summed E-state index contributed by atoms with van der Waals surface area (Å²) >= 11 is 1.64. The molecule has 2 aromatic rings. The van der Waals surface area contributed by atoms with Crippen LogP contribution in [-0.2, 0) is 20.1 Å². The van der Waals surface area contributed by atoms with Crippen molar-refractivity contribution in [1.29, 1.82) is 0 Å². The first kappa shape index (κ1) is 22.0.